The normalized spacial score (nSPS) is 16.2. The van der Waals surface area contributed by atoms with Gasteiger partial charge >= 0.3 is 0 Å². The van der Waals surface area contributed by atoms with Crippen LogP contribution in [-0.2, 0) is 17.9 Å². The zero-order valence-corrected chi connectivity index (χ0v) is 17.7. The Labute approximate surface area is 171 Å². The fraction of sp³-hybridized carbons (Fsp3) is 0.650. The molecule has 1 aromatic carbocycles. The van der Waals surface area contributed by atoms with Crippen LogP contribution in [0.1, 0.15) is 57.1 Å². The van der Waals surface area contributed by atoms with Gasteiger partial charge in [0, 0.05) is 13.1 Å². The van der Waals surface area contributed by atoms with E-state index in [4.69, 9.17) is 5.73 Å². The van der Waals surface area contributed by atoms with E-state index >= 15 is 0 Å². The Kier molecular flexibility index (Phi) is 13.0. The zero-order chi connectivity index (χ0) is 17.4. The predicted molar refractivity (Wildman–Crippen MR) is 114 cm³/mol. The van der Waals surface area contributed by atoms with Crippen molar-refractivity contribution < 1.29 is 4.79 Å². The number of rotatable bonds is 7. The van der Waals surface area contributed by atoms with Crippen molar-refractivity contribution in [3.63, 3.8) is 0 Å². The number of hydrogen-bond acceptors (Lipinski definition) is 3. The molecule has 0 aliphatic carbocycles. The summed E-state index contributed by atoms with van der Waals surface area (Å²) in [7, 11) is 0. The molecule has 1 atom stereocenters. The third-order valence-corrected chi connectivity index (χ3v) is 4.66. The van der Waals surface area contributed by atoms with Gasteiger partial charge in [0.15, 0.2) is 0 Å². The summed E-state index contributed by atoms with van der Waals surface area (Å²) in [5.41, 5.74) is 8.38. The van der Waals surface area contributed by atoms with Crippen molar-refractivity contribution in [2.75, 3.05) is 13.1 Å². The van der Waals surface area contributed by atoms with Gasteiger partial charge in [-0.3, -0.25) is 9.69 Å². The fourth-order valence-corrected chi connectivity index (χ4v) is 3.25. The summed E-state index contributed by atoms with van der Waals surface area (Å²) in [6, 6.07) is 8.18. The maximum atomic E-state index is 12.0. The van der Waals surface area contributed by atoms with Crippen LogP contribution in [0, 0.1) is 5.92 Å². The van der Waals surface area contributed by atoms with Crippen LogP contribution in [0.4, 0.5) is 0 Å². The number of halogens is 2. The summed E-state index contributed by atoms with van der Waals surface area (Å²) in [5.74, 6) is 0.376. The van der Waals surface area contributed by atoms with Crippen molar-refractivity contribution >= 4 is 30.7 Å². The quantitative estimate of drug-likeness (QED) is 0.725. The molecule has 150 valence electrons. The summed E-state index contributed by atoms with van der Waals surface area (Å²) >= 11 is 0. The molecule has 3 N–H and O–H groups in total. The molecule has 4 nitrogen and oxygen atoms in total. The highest BCUT2D eigenvalue weighted by molar-refractivity contribution is 5.85. The van der Waals surface area contributed by atoms with E-state index in [9.17, 15) is 4.79 Å². The topological polar surface area (TPSA) is 58.4 Å². The van der Waals surface area contributed by atoms with Crippen molar-refractivity contribution in [3.05, 3.63) is 35.4 Å². The molecule has 1 aliphatic rings. The van der Waals surface area contributed by atoms with Crippen LogP contribution in [0.25, 0.3) is 0 Å². The van der Waals surface area contributed by atoms with Crippen LogP contribution in [0.5, 0.6) is 0 Å². The second-order valence-corrected chi connectivity index (χ2v) is 7.46. The molecule has 1 saturated heterocycles. The Hall–Kier alpha value is -0.810. The maximum Gasteiger partial charge on any atom is 0.237 e. The lowest BCUT2D eigenvalue weighted by Crippen LogP contribution is -2.41. The first kappa shape index (κ1) is 25.2. The first-order chi connectivity index (χ1) is 11.5. The summed E-state index contributed by atoms with van der Waals surface area (Å²) in [6.45, 7) is 8.17. The van der Waals surface area contributed by atoms with Crippen LogP contribution in [0.15, 0.2) is 24.3 Å². The van der Waals surface area contributed by atoms with Crippen LogP contribution in [0.2, 0.25) is 0 Å². The van der Waals surface area contributed by atoms with Crippen molar-refractivity contribution in [2.45, 2.75) is 65.1 Å². The second-order valence-electron chi connectivity index (χ2n) is 7.46. The van der Waals surface area contributed by atoms with Crippen molar-refractivity contribution in [2.24, 2.45) is 11.7 Å². The van der Waals surface area contributed by atoms with E-state index in [1.165, 1.54) is 44.3 Å². The number of nitrogens with two attached hydrogens (primary N) is 1. The number of nitrogens with one attached hydrogen (secondary N) is 1. The molecule has 0 saturated carbocycles. The predicted octanol–water partition coefficient (Wildman–Crippen LogP) is 3.90. The van der Waals surface area contributed by atoms with Gasteiger partial charge in [-0.15, -0.1) is 24.8 Å². The van der Waals surface area contributed by atoms with Crippen LogP contribution >= 0.6 is 24.8 Å². The average Bonchev–Trinajstić information content (AvgIpc) is 2.82. The summed E-state index contributed by atoms with van der Waals surface area (Å²) in [6.07, 6.45) is 6.10. The van der Waals surface area contributed by atoms with Gasteiger partial charge in [0.1, 0.15) is 0 Å². The summed E-state index contributed by atoms with van der Waals surface area (Å²) in [5, 5.41) is 2.94. The third-order valence-electron chi connectivity index (χ3n) is 4.66. The minimum absolute atomic E-state index is 0. The first-order valence-electron chi connectivity index (χ1n) is 9.38. The number of amides is 1. The minimum Gasteiger partial charge on any atom is -0.351 e. The number of hydrogen-bond donors (Lipinski definition) is 2. The Morgan fingerprint density at radius 1 is 1.04 bits per heavy atom. The molecule has 0 spiro atoms. The standard InChI is InChI=1S/C20H33N3O.2ClH/c1-16(2)13-19(21)20(24)22-14-17-7-9-18(10-8-17)15-23-11-5-3-4-6-12-23;;/h7-10,16,19H,3-6,11-15,21H2,1-2H3,(H,22,24);2*1H/t19-;;/m0../s1. The first-order valence-corrected chi connectivity index (χ1v) is 9.38. The van der Waals surface area contributed by atoms with Gasteiger partial charge in [-0.05, 0) is 49.4 Å². The number of benzene rings is 1. The summed E-state index contributed by atoms with van der Waals surface area (Å²) in [4.78, 5) is 14.5. The molecule has 26 heavy (non-hydrogen) atoms. The van der Waals surface area contributed by atoms with Crippen molar-refractivity contribution in [3.8, 4) is 0 Å². The van der Waals surface area contributed by atoms with Gasteiger partial charge in [0.25, 0.3) is 0 Å². The van der Waals surface area contributed by atoms with E-state index in [0.717, 1.165) is 18.5 Å². The van der Waals surface area contributed by atoms with Crippen LogP contribution < -0.4 is 11.1 Å². The molecule has 2 rings (SSSR count). The van der Waals surface area contributed by atoms with Crippen LogP contribution in [0.3, 0.4) is 0 Å². The van der Waals surface area contributed by atoms with Gasteiger partial charge in [-0.1, -0.05) is 51.0 Å². The van der Waals surface area contributed by atoms with E-state index in [2.05, 4.69) is 48.3 Å². The number of likely N-dealkylation sites (tertiary alicyclic amines) is 1. The largest absolute Gasteiger partial charge is 0.351 e. The monoisotopic (exact) mass is 403 g/mol. The molecule has 1 heterocycles. The van der Waals surface area contributed by atoms with E-state index < -0.39 is 6.04 Å². The van der Waals surface area contributed by atoms with Crippen LogP contribution in [-0.4, -0.2) is 29.9 Å². The van der Waals surface area contributed by atoms with Crippen molar-refractivity contribution in [1.82, 2.24) is 10.2 Å². The van der Waals surface area contributed by atoms with Gasteiger partial charge in [0.05, 0.1) is 6.04 Å². The smallest absolute Gasteiger partial charge is 0.237 e. The molecular formula is C20H35Cl2N3O. The third kappa shape index (κ3) is 9.22. The SMILES string of the molecule is CC(C)C[C@H](N)C(=O)NCc1ccc(CN2CCCCCC2)cc1.Cl.Cl. The molecule has 0 unspecified atom stereocenters. The van der Waals surface area contributed by atoms with Gasteiger partial charge in [-0.2, -0.15) is 0 Å². The number of carbonyl (C=O) groups excluding carboxylic acids is 1. The Morgan fingerprint density at radius 2 is 1.58 bits per heavy atom. The molecule has 1 aliphatic heterocycles. The zero-order valence-electron chi connectivity index (χ0n) is 16.1. The average molecular weight is 404 g/mol. The highest BCUT2D eigenvalue weighted by Crippen LogP contribution is 2.14. The minimum atomic E-state index is -0.410. The van der Waals surface area contributed by atoms with Gasteiger partial charge in [-0.25, -0.2) is 0 Å². The molecular weight excluding hydrogens is 369 g/mol. The molecule has 0 radical (unpaired) electrons. The maximum absolute atomic E-state index is 12.0. The molecule has 0 bridgehead atoms. The highest BCUT2D eigenvalue weighted by atomic mass is 35.5. The molecule has 1 amide bonds. The van der Waals surface area contributed by atoms with Gasteiger partial charge < -0.3 is 11.1 Å². The Bertz CT molecular complexity index is 500. The lowest BCUT2D eigenvalue weighted by molar-refractivity contribution is -0.122. The molecule has 6 heteroatoms. The fourth-order valence-electron chi connectivity index (χ4n) is 3.25. The Morgan fingerprint density at radius 3 is 2.12 bits per heavy atom. The Balaban J connectivity index is 0.00000312. The van der Waals surface area contributed by atoms with Gasteiger partial charge in [0.2, 0.25) is 5.91 Å². The second kappa shape index (κ2) is 13.4. The molecule has 1 fully saturated rings. The van der Waals surface area contributed by atoms with E-state index in [1.54, 1.807) is 0 Å². The van der Waals surface area contributed by atoms with E-state index in [1.807, 2.05) is 0 Å². The highest BCUT2D eigenvalue weighted by Gasteiger charge is 2.14. The van der Waals surface area contributed by atoms with E-state index in [0.29, 0.717) is 12.5 Å². The van der Waals surface area contributed by atoms with Crippen molar-refractivity contribution in [1.29, 1.82) is 0 Å². The lowest BCUT2D eigenvalue weighted by Gasteiger charge is -2.20. The summed E-state index contributed by atoms with van der Waals surface area (Å²) < 4.78 is 0. The molecule has 1 aromatic rings. The molecule has 0 aromatic heterocycles. The van der Waals surface area contributed by atoms with E-state index in [-0.39, 0.29) is 30.7 Å². The lowest BCUT2D eigenvalue weighted by atomic mass is 10.0. The number of carbonyl (C=O) groups is 1. The number of nitrogens with zero attached hydrogens (tertiary/aromatic N) is 1.